The molecule has 2 heterocycles. The molecule has 2 fully saturated rings. The third-order valence-electron chi connectivity index (χ3n) is 5.34. The van der Waals surface area contributed by atoms with Gasteiger partial charge in [-0.1, -0.05) is 6.92 Å². The molecule has 0 aliphatic carbocycles. The maximum atomic E-state index is 12.4. The van der Waals surface area contributed by atoms with Crippen LogP contribution in [0.15, 0.2) is 0 Å². The molecule has 0 bridgehead atoms. The zero-order valence-corrected chi connectivity index (χ0v) is 16.9. The van der Waals surface area contributed by atoms with Crippen LogP contribution in [0.25, 0.3) is 0 Å². The summed E-state index contributed by atoms with van der Waals surface area (Å²) in [7, 11) is 0. The fraction of sp³-hybridized carbons (Fsp3) is 0.950. The Morgan fingerprint density at radius 1 is 1.12 bits per heavy atom. The average Bonchev–Trinajstić information content (AvgIpc) is 2.55. The molecular weight excluding hydrogens is 314 g/mol. The number of piperidine rings is 2. The van der Waals surface area contributed by atoms with Crippen molar-refractivity contribution in [2.24, 2.45) is 5.92 Å². The number of carbonyl (C=O) groups excluding carboxylic acids is 1. The Bertz CT molecular complexity index is 400. The van der Waals surface area contributed by atoms with Gasteiger partial charge in [-0.15, -0.1) is 0 Å². The molecule has 0 aromatic heterocycles. The third kappa shape index (κ3) is 7.53. The summed E-state index contributed by atoms with van der Waals surface area (Å²) in [6.45, 7) is 14.6. The maximum absolute atomic E-state index is 12.4. The fourth-order valence-electron chi connectivity index (χ4n) is 3.76. The quantitative estimate of drug-likeness (QED) is 0.743. The van der Waals surface area contributed by atoms with E-state index in [9.17, 15) is 4.79 Å². The van der Waals surface area contributed by atoms with Crippen LogP contribution in [-0.2, 0) is 4.74 Å². The van der Waals surface area contributed by atoms with Gasteiger partial charge in [0.1, 0.15) is 5.60 Å². The smallest absolute Gasteiger partial charge is 0.410 e. The number of rotatable bonds is 6. The van der Waals surface area contributed by atoms with E-state index in [1.54, 1.807) is 0 Å². The Hall–Kier alpha value is -0.810. The van der Waals surface area contributed by atoms with E-state index in [0.717, 1.165) is 38.4 Å². The van der Waals surface area contributed by atoms with E-state index in [0.29, 0.717) is 0 Å². The van der Waals surface area contributed by atoms with Crippen molar-refractivity contribution in [2.75, 3.05) is 39.3 Å². The van der Waals surface area contributed by atoms with Crippen LogP contribution in [-0.4, -0.2) is 66.8 Å². The first-order chi connectivity index (χ1) is 11.8. The van der Waals surface area contributed by atoms with Gasteiger partial charge in [-0.3, -0.25) is 0 Å². The van der Waals surface area contributed by atoms with Gasteiger partial charge in [0.05, 0.1) is 0 Å². The van der Waals surface area contributed by atoms with E-state index >= 15 is 0 Å². The minimum Gasteiger partial charge on any atom is -0.444 e. The Balaban J connectivity index is 1.65. The first-order valence-corrected chi connectivity index (χ1v) is 10.3. The Morgan fingerprint density at radius 3 is 2.52 bits per heavy atom. The highest BCUT2D eigenvalue weighted by molar-refractivity contribution is 5.68. The van der Waals surface area contributed by atoms with Crippen LogP contribution < -0.4 is 5.32 Å². The van der Waals surface area contributed by atoms with Gasteiger partial charge in [0, 0.05) is 19.1 Å². The maximum Gasteiger partial charge on any atom is 0.410 e. The molecule has 25 heavy (non-hydrogen) atoms. The number of likely N-dealkylation sites (tertiary alicyclic amines) is 2. The second kappa shape index (κ2) is 9.77. The van der Waals surface area contributed by atoms with Crippen molar-refractivity contribution < 1.29 is 9.53 Å². The monoisotopic (exact) mass is 353 g/mol. The van der Waals surface area contributed by atoms with Gasteiger partial charge >= 0.3 is 6.09 Å². The molecule has 0 aromatic carbocycles. The number of hydrogen-bond donors (Lipinski definition) is 1. The van der Waals surface area contributed by atoms with Crippen molar-refractivity contribution in [3.05, 3.63) is 0 Å². The largest absolute Gasteiger partial charge is 0.444 e. The van der Waals surface area contributed by atoms with Gasteiger partial charge < -0.3 is 19.9 Å². The van der Waals surface area contributed by atoms with Crippen molar-refractivity contribution in [3.63, 3.8) is 0 Å². The fourth-order valence-corrected chi connectivity index (χ4v) is 3.76. The van der Waals surface area contributed by atoms with E-state index in [2.05, 4.69) is 17.1 Å². The lowest BCUT2D eigenvalue weighted by Gasteiger charge is -2.37. The summed E-state index contributed by atoms with van der Waals surface area (Å²) in [5, 5.41) is 3.58. The lowest BCUT2D eigenvalue weighted by atomic mass is 9.99. The molecule has 0 radical (unpaired) electrons. The molecule has 5 heteroatoms. The minimum atomic E-state index is -0.418. The molecule has 0 aromatic rings. The minimum absolute atomic E-state index is 0.151. The van der Waals surface area contributed by atoms with Crippen LogP contribution in [0, 0.1) is 5.92 Å². The Kier molecular flexibility index (Phi) is 8.01. The Labute approximate surface area is 154 Å². The van der Waals surface area contributed by atoms with E-state index in [-0.39, 0.29) is 12.1 Å². The highest BCUT2D eigenvalue weighted by atomic mass is 16.6. The first-order valence-electron chi connectivity index (χ1n) is 10.3. The molecule has 1 N–H and O–H groups in total. The zero-order valence-electron chi connectivity index (χ0n) is 16.9. The zero-order chi connectivity index (χ0) is 18.3. The van der Waals surface area contributed by atoms with Gasteiger partial charge in [0.2, 0.25) is 0 Å². The number of hydrogen-bond acceptors (Lipinski definition) is 4. The summed E-state index contributed by atoms with van der Waals surface area (Å²) in [4.78, 5) is 16.9. The van der Waals surface area contributed by atoms with E-state index in [1.807, 2.05) is 25.7 Å². The van der Waals surface area contributed by atoms with E-state index in [4.69, 9.17) is 4.74 Å². The van der Waals surface area contributed by atoms with E-state index in [1.165, 1.54) is 45.3 Å². The number of nitrogens with zero attached hydrogens (tertiary/aromatic N) is 2. The normalized spacial score (nSPS) is 23.7. The molecule has 1 amide bonds. The van der Waals surface area contributed by atoms with Gasteiger partial charge in [-0.05, 0) is 91.4 Å². The van der Waals surface area contributed by atoms with Crippen LogP contribution in [0.1, 0.15) is 66.2 Å². The number of nitrogens with one attached hydrogen (secondary N) is 1. The molecule has 2 aliphatic heterocycles. The molecule has 5 nitrogen and oxygen atoms in total. The lowest BCUT2D eigenvalue weighted by Crippen LogP contribution is -2.50. The molecule has 2 aliphatic rings. The number of ether oxygens (including phenoxy) is 1. The predicted octanol–water partition coefficient (Wildman–Crippen LogP) is 3.49. The molecule has 2 rings (SSSR count). The van der Waals surface area contributed by atoms with Crippen molar-refractivity contribution >= 4 is 6.09 Å². The number of carbonyl (C=O) groups is 1. The Morgan fingerprint density at radius 2 is 1.84 bits per heavy atom. The average molecular weight is 354 g/mol. The molecule has 1 unspecified atom stereocenters. The highest BCUT2D eigenvalue weighted by Crippen LogP contribution is 2.20. The van der Waals surface area contributed by atoms with Crippen LogP contribution >= 0.6 is 0 Å². The first kappa shape index (κ1) is 20.5. The molecule has 0 saturated carbocycles. The van der Waals surface area contributed by atoms with Crippen LogP contribution in [0.5, 0.6) is 0 Å². The van der Waals surface area contributed by atoms with Crippen molar-refractivity contribution in [1.29, 1.82) is 0 Å². The van der Waals surface area contributed by atoms with Gasteiger partial charge in [-0.25, -0.2) is 4.79 Å². The number of amides is 1. The second-order valence-electron chi connectivity index (χ2n) is 8.91. The van der Waals surface area contributed by atoms with Crippen molar-refractivity contribution in [1.82, 2.24) is 15.1 Å². The summed E-state index contributed by atoms with van der Waals surface area (Å²) in [5.74, 6) is 0.902. The van der Waals surface area contributed by atoms with Gasteiger partial charge in [0.25, 0.3) is 0 Å². The predicted molar refractivity (Wildman–Crippen MR) is 103 cm³/mol. The van der Waals surface area contributed by atoms with Crippen molar-refractivity contribution in [2.45, 2.75) is 77.9 Å². The summed E-state index contributed by atoms with van der Waals surface area (Å²) < 4.78 is 5.58. The van der Waals surface area contributed by atoms with Crippen LogP contribution in [0.3, 0.4) is 0 Å². The lowest BCUT2D eigenvalue weighted by molar-refractivity contribution is 0.00995. The van der Waals surface area contributed by atoms with Crippen LogP contribution in [0.4, 0.5) is 4.79 Å². The molecule has 146 valence electrons. The molecule has 2 saturated heterocycles. The SMILES string of the molecule is CC1CCN(CCCNCC2CCCCN2C(=O)OC(C)(C)C)CC1. The molecule has 1 atom stereocenters. The van der Waals surface area contributed by atoms with Gasteiger partial charge in [0.15, 0.2) is 0 Å². The van der Waals surface area contributed by atoms with E-state index < -0.39 is 5.60 Å². The summed E-state index contributed by atoms with van der Waals surface area (Å²) in [5.41, 5.74) is -0.418. The standard InChI is InChI=1S/C20H39N3O2/c1-17-9-14-22(15-10-17)12-7-11-21-16-18-8-5-6-13-23(18)19(24)25-20(2,3)4/h17-18,21H,5-16H2,1-4H3. The van der Waals surface area contributed by atoms with Crippen molar-refractivity contribution in [3.8, 4) is 0 Å². The molecular formula is C20H39N3O2. The topological polar surface area (TPSA) is 44.8 Å². The second-order valence-corrected chi connectivity index (χ2v) is 8.91. The van der Waals surface area contributed by atoms with Crippen LogP contribution in [0.2, 0.25) is 0 Å². The summed E-state index contributed by atoms with van der Waals surface area (Å²) in [6.07, 6.45) is 7.10. The summed E-state index contributed by atoms with van der Waals surface area (Å²) >= 11 is 0. The third-order valence-corrected chi connectivity index (χ3v) is 5.34. The van der Waals surface area contributed by atoms with Gasteiger partial charge in [-0.2, -0.15) is 0 Å². The highest BCUT2D eigenvalue weighted by Gasteiger charge is 2.30. The summed E-state index contributed by atoms with van der Waals surface area (Å²) in [6, 6.07) is 0.277. The molecule has 0 spiro atoms.